The molecule has 0 spiro atoms. The number of hydrogen-bond donors (Lipinski definition) is 1. The van der Waals surface area contributed by atoms with E-state index in [1.54, 1.807) is 38.1 Å². The average molecular weight is 459 g/mol. The lowest BCUT2D eigenvalue weighted by Crippen LogP contribution is -2.41. The maximum absolute atomic E-state index is 12.5. The van der Waals surface area contributed by atoms with Gasteiger partial charge in [-0.25, -0.2) is 16.8 Å². The van der Waals surface area contributed by atoms with Gasteiger partial charge in [0.2, 0.25) is 15.9 Å². The highest BCUT2D eigenvalue weighted by Crippen LogP contribution is 2.26. The van der Waals surface area contributed by atoms with Gasteiger partial charge in [0.1, 0.15) is 6.54 Å². The lowest BCUT2D eigenvalue weighted by Gasteiger charge is -2.25. The molecule has 0 aliphatic carbocycles. The van der Waals surface area contributed by atoms with Gasteiger partial charge >= 0.3 is 0 Å². The summed E-state index contributed by atoms with van der Waals surface area (Å²) in [6, 6.07) is 10.5. The SMILES string of the molecule is Cc1ccc(Cl)cc1N(CC(=O)N[C@@H](C)c1ccc(S(C)(=O)=O)cc1)S(C)(=O)=O. The fourth-order valence-electron chi connectivity index (χ4n) is 2.74. The third-order valence-electron chi connectivity index (χ3n) is 4.31. The quantitative estimate of drug-likeness (QED) is 0.687. The third kappa shape index (κ3) is 6.19. The molecule has 158 valence electrons. The number of sulfone groups is 1. The molecule has 2 aromatic carbocycles. The van der Waals surface area contributed by atoms with Gasteiger partial charge in [0.05, 0.1) is 22.9 Å². The number of carbonyl (C=O) groups is 1. The van der Waals surface area contributed by atoms with Crippen LogP contribution in [-0.2, 0) is 24.7 Å². The number of nitrogens with zero attached hydrogens (tertiary/aromatic N) is 1. The Morgan fingerprint density at radius 1 is 1.07 bits per heavy atom. The minimum atomic E-state index is -3.73. The smallest absolute Gasteiger partial charge is 0.241 e. The second-order valence-corrected chi connectivity index (χ2v) is 11.2. The zero-order chi connectivity index (χ0) is 22.0. The van der Waals surface area contributed by atoms with Crippen molar-refractivity contribution >= 4 is 43.1 Å². The number of anilines is 1. The highest BCUT2D eigenvalue weighted by atomic mass is 35.5. The van der Waals surface area contributed by atoms with Crippen molar-refractivity contribution in [3.05, 3.63) is 58.6 Å². The summed E-state index contributed by atoms with van der Waals surface area (Å²) >= 11 is 5.99. The molecule has 0 saturated carbocycles. The first-order valence-corrected chi connectivity index (χ1v) is 12.7. The normalized spacial score (nSPS) is 13.0. The van der Waals surface area contributed by atoms with E-state index < -0.39 is 38.4 Å². The average Bonchev–Trinajstić information content (AvgIpc) is 2.60. The van der Waals surface area contributed by atoms with Crippen molar-refractivity contribution in [3.8, 4) is 0 Å². The van der Waals surface area contributed by atoms with E-state index in [1.165, 1.54) is 18.2 Å². The standard InChI is InChI=1S/C19H23ClN2O5S2/c1-13-5-8-16(20)11-18(13)22(29(4,26)27)12-19(23)21-14(2)15-6-9-17(10-7-15)28(3,24)25/h5-11,14H,12H2,1-4H3,(H,21,23)/t14-/m0/s1. The number of hydrogen-bond acceptors (Lipinski definition) is 5. The number of halogens is 1. The van der Waals surface area contributed by atoms with Crippen molar-refractivity contribution in [3.63, 3.8) is 0 Å². The van der Waals surface area contributed by atoms with Gasteiger partial charge < -0.3 is 5.32 Å². The second kappa shape index (κ2) is 8.73. The Balaban J connectivity index is 2.19. The molecule has 1 amide bonds. The van der Waals surface area contributed by atoms with Crippen LogP contribution < -0.4 is 9.62 Å². The number of sulfonamides is 1. The molecule has 0 aliphatic heterocycles. The third-order valence-corrected chi connectivity index (χ3v) is 6.80. The zero-order valence-corrected chi connectivity index (χ0v) is 18.9. The Bertz CT molecular complexity index is 1110. The van der Waals surface area contributed by atoms with Crippen LogP contribution in [0.4, 0.5) is 5.69 Å². The van der Waals surface area contributed by atoms with Gasteiger partial charge in [0.25, 0.3) is 0 Å². The van der Waals surface area contributed by atoms with E-state index in [4.69, 9.17) is 11.6 Å². The maximum atomic E-state index is 12.5. The summed E-state index contributed by atoms with van der Waals surface area (Å²) in [4.78, 5) is 12.7. The Morgan fingerprint density at radius 3 is 2.17 bits per heavy atom. The fourth-order valence-corrected chi connectivity index (χ4v) is 4.44. The summed E-state index contributed by atoms with van der Waals surface area (Å²) in [7, 11) is -7.04. The van der Waals surface area contributed by atoms with E-state index in [-0.39, 0.29) is 4.90 Å². The molecule has 0 aromatic heterocycles. The van der Waals surface area contributed by atoms with Gasteiger partial charge in [-0.15, -0.1) is 0 Å². The fraction of sp³-hybridized carbons (Fsp3) is 0.316. The number of benzene rings is 2. The second-order valence-electron chi connectivity index (χ2n) is 6.83. The number of carbonyl (C=O) groups excluding carboxylic acids is 1. The lowest BCUT2D eigenvalue weighted by atomic mass is 10.1. The summed E-state index contributed by atoms with van der Waals surface area (Å²) in [6.07, 6.45) is 2.14. The summed E-state index contributed by atoms with van der Waals surface area (Å²) in [6.45, 7) is 3.04. The van der Waals surface area contributed by atoms with E-state index in [0.717, 1.165) is 16.8 Å². The highest BCUT2D eigenvalue weighted by molar-refractivity contribution is 7.92. The van der Waals surface area contributed by atoms with Crippen LogP contribution >= 0.6 is 11.6 Å². The molecule has 10 heteroatoms. The van der Waals surface area contributed by atoms with E-state index in [2.05, 4.69) is 5.32 Å². The topological polar surface area (TPSA) is 101 Å². The first kappa shape index (κ1) is 23.2. The Kier molecular flexibility index (Phi) is 6.97. The van der Waals surface area contributed by atoms with Crippen molar-refractivity contribution in [2.45, 2.75) is 24.8 Å². The van der Waals surface area contributed by atoms with Crippen LogP contribution in [-0.4, -0.2) is 41.8 Å². The molecular weight excluding hydrogens is 436 g/mol. The number of amides is 1. The molecular formula is C19H23ClN2O5S2. The lowest BCUT2D eigenvalue weighted by molar-refractivity contribution is -0.120. The molecule has 0 radical (unpaired) electrons. The predicted octanol–water partition coefficient (Wildman–Crippen LogP) is 2.70. The molecule has 1 N–H and O–H groups in total. The molecule has 1 atom stereocenters. The van der Waals surface area contributed by atoms with E-state index >= 15 is 0 Å². The molecule has 2 rings (SSSR count). The number of rotatable bonds is 7. The first-order valence-electron chi connectivity index (χ1n) is 8.62. The Hall–Kier alpha value is -2.10. The molecule has 2 aromatic rings. The monoisotopic (exact) mass is 458 g/mol. The Morgan fingerprint density at radius 2 is 1.66 bits per heavy atom. The van der Waals surface area contributed by atoms with E-state index in [9.17, 15) is 21.6 Å². The van der Waals surface area contributed by atoms with Crippen LogP contribution in [0.3, 0.4) is 0 Å². The van der Waals surface area contributed by atoms with Crippen molar-refractivity contribution in [2.24, 2.45) is 0 Å². The van der Waals surface area contributed by atoms with Crippen LogP contribution in [0.2, 0.25) is 5.02 Å². The van der Waals surface area contributed by atoms with Gasteiger partial charge in [-0.05, 0) is 49.2 Å². The summed E-state index contributed by atoms with van der Waals surface area (Å²) in [5.74, 6) is -0.505. The minimum absolute atomic E-state index is 0.180. The highest BCUT2D eigenvalue weighted by Gasteiger charge is 2.23. The van der Waals surface area contributed by atoms with Gasteiger partial charge in [-0.3, -0.25) is 9.10 Å². The van der Waals surface area contributed by atoms with Crippen molar-refractivity contribution in [1.82, 2.24) is 5.32 Å². The molecule has 0 unspecified atom stereocenters. The van der Waals surface area contributed by atoms with Gasteiger partial charge in [-0.2, -0.15) is 0 Å². The largest absolute Gasteiger partial charge is 0.348 e. The zero-order valence-electron chi connectivity index (χ0n) is 16.5. The van der Waals surface area contributed by atoms with Crippen LogP contribution in [0.15, 0.2) is 47.4 Å². The number of nitrogens with one attached hydrogen (secondary N) is 1. The maximum Gasteiger partial charge on any atom is 0.241 e. The predicted molar refractivity (Wildman–Crippen MR) is 114 cm³/mol. The van der Waals surface area contributed by atoms with Crippen molar-refractivity contribution < 1.29 is 21.6 Å². The molecule has 0 aliphatic rings. The first-order chi connectivity index (χ1) is 13.3. The molecule has 0 heterocycles. The molecule has 0 saturated heterocycles. The minimum Gasteiger partial charge on any atom is -0.348 e. The van der Waals surface area contributed by atoms with Crippen LogP contribution in [0.1, 0.15) is 24.1 Å². The van der Waals surface area contributed by atoms with Crippen LogP contribution in [0.25, 0.3) is 0 Å². The van der Waals surface area contributed by atoms with Gasteiger partial charge in [0, 0.05) is 11.3 Å². The van der Waals surface area contributed by atoms with Crippen LogP contribution in [0.5, 0.6) is 0 Å². The Labute approximate surface area is 176 Å². The van der Waals surface area contributed by atoms with E-state index in [1.807, 2.05) is 0 Å². The molecule has 29 heavy (non-hydrogen) atoms. The summed E-state index contributed by atoms with van der Waals surface area (Å²) in [5, 5.41) is 3.09. The summed E-state index contributed by atoms with van der Waals surface area (Å²) in [5.41, 5.74) is 1.69. The van der Waals surface area contributed by atoms with Gasteiger partial charge in [-0.1, -0.05) is 29.8 Å². The molecule has 7 nitrogen and oxygen atoms in total. The summed E-state index contributed by atoms with van der Waals surface area (Å²) < 4.78 is 48.6. The molecule has 0 fully saturated rings. The van der Waals surface area contributed by atoms with Crippen molar-refractivity contribution in [1.29, 1.82) is 0 Å². The number of aryl methyl sites for hydroxylation is 1. The van der Waals surface area contributed by atoms with Crippen LogP contribution in [0, 0.1) is 6.92 Å². The van der Waals surface area contributed by atoms with Crippen molar-refractivity contribution in [2.75, 3.05) is 23.4 Å². The molecule has 0 bridgehead atoms. The van der Waals surface area contributed by atoms with E-state index in [0.29, 0.717) is 21.8 Å². The van der Waals surface area contributed by atoms with Gasteiger partial charge in [0.15, 0.2) is 9.84 Å².